The Morgan fingerprint density at radius 3 is 2.44 bits per heavy atom. The maximum Gasteiger partial charge on any atom is 0.307 e. The van der Waals surface area contributed by atoms with Crippen LogP contribution in [0, 0.1) is 18.3 Å². The first-order valence-corrected chi connectivity index (χ1v) is 10.0. The Kier molecular flexibility index (Phi) is 4.46. The summed E-state index contributed by atoms with van der Waals surface area (Å²) in [5.74, 6) is -0.0247. The molecule has 2 heterocycles. The molecule has 142 valence electrons. The molecule has 1 unspecified atom stereocenters. The number of carboxylic acid groups (broad SMARTS) is 1. The van der Waals surface area contributed by atoms with Crippen LogP contribution in [0.4, 0.5) is 0 Å². The van der Waals surface area contributed by atoms with Crippen LogP contribution in [0.25, 0.3) is 11.1 Å². The number of hydrogen-bond donors (Lipinski definition) is 1. The summed E-state index contributed by atoms with van der Waals surface area (Å²) >= 11 is 1.53. The van der Waals surface area contributed by atoms with Crippen LogP contribution in [-0.4, -0.2) is 42.1 Å². The van der Waals surface area contributed by atoms with Gasteiger partial charge < -0.3 is 14.7 Å². The molecule has 1 atom stereocenters. The van der Waals surface area contributed by atoms with Gasteiger partial charge in [0.2, 0.25) is 0 Å². The minimum Gasteiger partial charge on any atom is -0.497 e. The molecule has 1 saturated carbocycles. The molecule has 1 aliphatic heterocycles. The molecule has 2 fully saturated rings. The highest BCUT2D eigenvalue weighted by Crippen LogP contribution is 2.59. The van der Waals surface area contributed by atoms with Crippen molar-refractivity contribution in [2.75, 3.05) is 20.2 Å². The van der Waals surface area contributed by atoms with Gasteiger partial charge in [0.1, 0.15) is 5.75 Å². The summed E-state index contributed by atoms with van der Waals surface area (Å²) in [6.07, 6.45) is 2.36. The number of benzene rings is 1. The number of methoxy groups -OCH3 is 1. The van der Waals surface area contributed by atoms with Gasteiger partial charge in [-0.2, -0.15) is 0 Å². The van der Waals surface area contributed by atoms with Gasteiger partial charge in [-0.15, -0.1) is 11.3 Å². The molecule has 6 heteroatoms. The van der Waals surface area contributed by atoms with Crippen LogP contribution in [0.5, 0.6) is 5.75 Å². The van der Waals surface area contributed by atoms with Crippen molar-refractivity contribution in [3.05, 3.63) is 40.1 Å². The van der Waals surface area contributed by atoms with E-state index >= 15 is 0 Å². The summed E-state index contributed by atoms with van der Waals surface area (Å²) < 4.78 is 5.21. The van der Waals surface area contributed by atoms with Crippen LogP contribution in [0.15, 0.2) is 30.3 Å². The number of aliphatic carboxylic acids is 1. The second kappa shape index (κ2) is 6.68. The molecule has 1 saturated heterocycles. The van der Waals surface area contributed by atoms with Gasteiger partial charge in [0.15, 0.2) is 0 Å². The Morgan fingerprint density at radius 1 is 1.22 bits per heavy atom. The van der Waals surface area contributed by atoms with Crippen LogP contribution in [0.1, 0.15) is 33.8 Å². The third-order valence-electron chi connectivity index (χ3n) is 6.06. The summed E-state index contributed by atoms with van der Waals surface area (Å²) in [5, 5.41) is 9.21. The lowest BCUT2D eigenvalue weighted by Crippen LogP contribution is -2.39. The van der Waals surface area contributed by atoms with Crippen LogP contribution in [0.3, 0.4) is 0 Å². The van der Waals surface area contributed by atoms with Crippen molar-refractivity contribution in [2.24, 2.45) is 11.3 Å². The Bertz CT molecular complexity index is 878. The van der Waals surface area contributed by atoms with E-state index < -0.39 is 5.97 Å². The second-order valence-corrected chi connectivity index (χ2v) is 8.81. The SMILES string of the molecule is COc1ccc(-c2cc(C(=O)N3CCC4(CC3)CC4C(=O)O)sc2C)cc1. The van der Waals surface area contributed by atoms with Crippen molar-refractivity contribution in [2.45, 2.75) is 26.2 Å². The van der Waals surface area contributed by atoms with E-state index in [1.54, 1.807) is 7.11 Å². The fourth-order valence-electron chi connectivity index (χ4n) is 4.21. The summed E-state index contributed by atoms with van der Waals surface area (Å²) in [5.41, 5.74) is 2.10. The number of carbonyl (C=O) groups is 2. The number of hydrogen-bond acceptors (Lipinski definition) is 4. The zero-order valence-corrected chi connectivity index (χ0v) is 16.3. The van der Waals surface area contributed by atoms with Crippen LogP contribution in [-0.2, 0) is 4.79 Å². The average Bonchev–Trinajstić information content (AvgIpc) is 3.24. The predicted molar refractivity (Wildman–Crippen MR) is 104 cm³/mol. The molecule has 2 aromatic rings. The highest BCUT2D eigenvalue weighted by atomic mass is 32.1. The van der Waals surface area contributed by atoms with Gasteiger partial charge in [-0.1, -0.05) is 12.1 Å². The van der Waals surface area contributed by atoms with Gasteiger partial charge in [-0.25, -0.2) is 0 Å². The first kappa shape index (κ1) is 18.0. The van der Waals surface area contributed by atoms with Gasteiger partial charge in [-0.05, 0) is 60.9 Å². The van der Waals surface area contributed by atoms with E-state index in [1.807, 2.05) is 42.2 Å². The van der Waals surface area contributed by atoms with Crippen molar-refractivity contribution < 1.29 is 19.4 Å². The molecule has 2 aliphatic rings. The molecule has 0 radical (unpaired) electrons. The van der Waals surface area contributed by atoms with Crippen molar-refractivity contribution in [3.63, 3.8) is 0 Å². The number of likely N-dealkylation sites (tertiary alicyclic amines) is 1. The van der Waals surface area contributed by atoms with E-state index in [-0.39, 0.29) is 17.2 Å². The van der Waals surface area contributed by atoms with Crippen molar-refractivity contribution >= 4 is 23.2 Å². The number of carboxylic acids is 1. The molecule has 0 bridgehead atoms. The monoisotopic (exact) mass is 385 g/mol. The topological polar surface area (TPSA) is 66.8 Å². The number of piperidine rings is 1. The van der Waals surface area contributed by atoms with Crippen LogP contribution >= 0.6 is 11.3 Å². The van der Waals surface area contributed by atoms with E-state index in [0.717, 1.165) is 45.9 Å². The molecule has 27 heavy (non-hydrogen) atoms. The van der Waals surface area contributed by atoms with Gasteiger partial charge in [0, 0.05) is 18.0 Å². The Balaban J connectivity index is 1.46. The van der Waals surface area contributed by atoms with Crippen molar-refractivity contribution in [1.29, 1.82) is 0 Å². The molecule has 1 aromatic heterocycles. The third kappa shape index (κ3) is 3.23. The summed E-state index contributed by atoms with van der Waals surface area (Å²) in [6.45, 7) is 3.34. The van der Waals surface area contributed by atoms with Crippen molar-refractivity contribution in [1.82, 2.24) is 4.90 Å². The number of ether oxygens (including phenoxy) is 1. The number of amides is 1. The maximum absolute atomic E-state index is 12.9. The number of thiophene rings is 1. The minimum absolute atomic E-state index is 0.0533. The third-order valence-corrected chi connectivity index (χ3v) is 7.10. The minimum atomic E-state index is -0.687. The zero-order valence-electron chi connectivity index (χ0n) is 15.5. The standard InChI is InChI=1S/C21H23NO4S/c1-13-16(14-3-5-15(26-2)6-4-14)11-18(27-13)19(23)22-9-7-21(8-10-22)12-17(21)20(24)25/h3-6,11,17H,7-10,12H2,1-2H3,(H,24,25). The van der Waals surface area contributed by atoms with Crippen LogP contribution < -0.4 is 4.74 Å². The quantitative estimate of drug-likeness (QED) is 0.862. The molecule has 4 rings (SSSR count). The van der Waals surface area contributed by atoms with E-state index in [0.29, 0.717) is 13.1 Å². The Morgan fingerprint density at radius 2 is 1.89 bits per heavy atom. The fraction of sp³-hybridized carbons (Fsp3) is 0.429. The number of aryl methyl sites for hydroxylation is 1. The number of rotatable bonds is 4. The maximum atomic E-state index is 12.9. The number of nitrogens with zero attached hydrogens (tertiary/aromatic N) is 1. The van der Waals surface area contributed by atoms with Crippen molar-refractivity contribution in [3.8, 4) is 16.9 Å². The van der Waals surface area contributed by atoms with E-state index in [1.165, 1.54) is 11.3 Å². The molecule has 1 aliphatic carbocycles. The Hall–Kier alpha value is -2.34. The lowest BCUT2D eigenvalue weighted by Gasteiger charge is -2.32. The summed E-state index contributed by atoms with van der Waals surface area (Å²) in [4.78, 5) is 27.9. The van der Waals surface area contributed by atoms with Gasteiger partial charge in [-0.3, -0.25) is 9.59 Å². The molecule has 5 nitrogen and oxygen atoms in total. The first-order valence-electron chi connectivity index (χ1n) is 9.20. The largest absolute Gasteiger partial charge is 0.497 e. The summed E-state index contributed by atoms with van der Waals surface area (Å²) in [7, 11) is 1.64. The smallest absolute Gasteiger partial charge is 0.307 e. The molecule has 1 amide bonds. The summed E-state index contributed by atoms with van der Waals surface area (Å²) in [6, 6.07) is 9.84. The zero-order chi connectivity index (χ0) is 19.2. The molecule has 1 N–H and O–H groups in total. The molecule has 1 spiro atoms. The molecule has 1 aromatic carbocycles. The lowest BCUT2D eigenvalue weighted by atomic mass is 9.90. The van der Waals surface area contributed by atoms with Gasteiger partial charge in [0.05, 0.1) is 17.9 Å². The highest BCUT2D eigenvalue weighted by Gasteiger charge is 2.59. The second-order valence-electron chi connectivity index (χ2n) is 7.56. The predicted octanol–water partition coefficient (Wildman–Crippen LogP) is 4.06. The van der Waals surface area contributed by atoms with E-state index in [2.05, 4.69) is 0 Å². The first-order chi connectivity index (χ1) is 12.9. The number of carbonyl (C=O) groups excluding carboxylic acids is 1. The van der Waals surface area contributed by atoms with Gasteiger partial charge in [0.25, 0.3) is 5.91 Å². The van der Waals surface area contributed by atoms with Crippen LogP contribution in [0.2, 0.25) is 0 Å². The molecular weight excluding hydrogens is 362 g/mol. The fourth-order valence-corrected chi connectivity index (χ4v) is 5.21. The highest BCUT2D eigenvalue weighted by molar-refractivity contribution is 7.14. The normalized spacial score (nSPS) is 20.5. The van der Waals surface area contributed by atoms with Gasteiger partial charge >= 0.3 is 5.97 Å². The molecular formula is C21H23NO4S. The van der Waals surface area contributed by atoms with E-state index in [4.69, 9.17) is 4.74 Å². The lowest BCUT2D eigenvalue weighted by molar-refractivity contribution is -0.139. The average molecular weight is 385 g/mol. The Labute approximate surface area is 162 Å². The van der Waals surface area contributed by atoms with E-state index in [9.17, 15) is 14.7 Å².